The van der Waals surface area contributed by atoms with Gasteiger partial charge in [-0.05, 0) is 24.6 Å². The summed E-state index contributed by atoms with van der Waals surface area (Å²) in [6.45, 7) is 2.85. The molecule has 1 aromatic rings. The van der Waals surface area contributed by atoms with E-state index in [0.29, 0.717) is 12.4 Å². The van der Waals surface area contributed by atoms with E-state index in [1.165, 1.54) is 12.6 Å². The zero-order valence-corrected chi connectivity index (χ0v) is 10.3. The third-order valence-corrected chi connectivity index (χ3v) is 2.40. The number of hydrogen-bond donors (Lipinski definition) is 1. The van der Waals surface area contributed by atoms with Gasteiger partial charge in [0.1, 0.15) is 0 Å². The van der Waals surface area contributed by atoms with Gasteiger partial charge in [0.05, 0.1) is 19.9 Å². The summed E-state index contributed by atoms with van der Waals surface area (Å²) in [4.78, 5) is 0. The summed E-state index contributed by atoms with van der Waals surface area (Å²) in [6.07, 6.45) is 4.73. The molecule has 0 aromatic heterocycles. The fourth-order valence-electron chi connectivity index (χ4n) is 1.48. The Hall–Kier alpha value is -1.71. The van der Waals surface area contributed by atoms with Crippen molar-refractivity contribution in [3.8, 4) is 11.5 Å². The van der Waals surface area contributed by atoms with Crippen LogP contribution in [0, 0.1) is 0 Å². The number of methoxy groups -OCH3 is 1. The van der Waals surface area contributed by atoms with Gasteiger partial charge in [-0.2, -0.15) is 0 Å². The first-order chi connectivity index (χ1) is 8.31. The van der Waals surface area contributed by atoms with Crippen molar-refractivity contribution < 1.29 is 14.7 Å². The van der Waals surface area contributed by atoms with Gasteiger partial charge in [-0.1, -0.05) is 24.9 Å². The summed E-state index contributed by atoms with van der Waals surface area (Å²) in [5, 5.41) is 11.4. The quantitative estimate of drug-likeness (QED) is 0.343. The average Bonchev–Trinajstić information content (AvgIpc) is 2.36. The first-order valence-corrected chi connectivity index (χ1v) is 5.80. The standard InChI is InChI=1S/C13H19NO3/c1-3-4-5-8-17-12-7-6-11(10-14-15)9-13(12)16-2/h6-7,9-10,15H,3-5,8H2,1-2H3/b14-10+. The number of unbranched alkanes of at least 4 members (excludes halogenated alkanes) is 2. The maximum Gasteiger partial charge on any atom is 0.161 e. The molecule has 0 saturated heterocycles. The predicted octanol–water partition coefficient (Wildman–Crippen LogP) is 3.07. The Balaban J connectivity index is 2.64. The van der Waals surface area contributed by atoms with E-state index in [0.717, 1.165) is 24.2 Å². The minimum Gasteiger partial charge on any atom is -0.493 e. The van der Waals surface area contributed by atoms with E-state index in [-0.39, 0.29) is 0 Å². The van der Waals surface area contributed by atoms with Crippen LogP contribution in [0.1, 0.15) is 31.7 Å². The summed E-state index contributed by atoms with van der Waals surface area (Å²) in [5.74, 6) is 1.37. The van der Waals surface area contributed by atoms with Crippen molar-refractivity contribution in [3.63, 3.8) is 0 Å². The second-order valence-electron chi connectivity index (χ2n) is 3.71. The van der Waals surface area contributed by atoms with Crippen LogP contribution in [0.3, 0.4) is 0 Å². The number of rotatable bonds is 7. The van der Waals surface area contributed by atoms with E-state index in [1.807, 2.05) is 12.1 Å². The highest BCUT2D eigenvalue weighted by Gasteiger charge is 2.04. The highest BCUT2D eigenvalue weighted by atomic mass is 16.5. The van der Waals surface area contributed by atoms with Crippen LogP contribution in [0.25, 0.3) is 0 Å². The molecule has 0 fully saturated rings. The van der Waals surface area contributed by atoms with E-state index in [9.17, 15) is 0 Å². The zero-order valence-electron chi connectivity index (χ0n) is 10.3. The third-order valence-electron chi connectivity index (χ3n) is 2.40. The van der Waals surface area contributed by atoms with Gasteiger partial charge >= 0.3 is 0 Å². The van der Waals surface area contributed by atoms with E-state index >= 15 is 0 Å². The molecule has 1 aromatic carbocycles. The van der Waals surface area contributed by atoms with Crippen LogP contribution in [0.5, 0.6) is 11.5 Å². The Morgan fingerprint density at radius 3 is 2.76 bits per heavy atom. The second kappa shape index (κ2) is 7.54. The largest absolute Gasteiger partial charge is 0.493 e. The number of hydrogen-bond acceptors (Lipinski definition) is 4. The van der Waals surface area contributed by atoms with Crippen molar-refractivity contribution in [2.45, 2.75) is 26.2 Å². The van der Waals surface area contributed by atoms with Crippen LogP contribution in [0.4, 0.5) is 0 Å². The number of nitrogens with zero attached hydrogens (tertiary/aromatic N) is 1. The van der Waals surface area contributed by atoms with Crippen molar-refractivity contribution in [1.82, 2.24) is 0 Å². The topological polar surface area (TPSA) is 51.0 Å². The minimum atomic E-state index is 0.652. The fourth-order valence-corrected chi connectivity index (χ4v) is 1.48. The molecule has 4 nitrogen and oxygen atoms in total. The van der Waals surface area contributed by atoms with Crippen LogP contribution >= 0.6 is 0 Å². The van der Waals surface area contributed by atoms with Crippen molar-refractivity contribution in [3.05, 3.63) is 23.8 Å². The maximum atomic E-state index is 8.45. The Kier molecular flexibility index (Phi) is 5.93. The van der Waals surface area contributed by atoms with Crippen LogP contribution < -0.4 is 9.47 Å². The number of oxime groups is 1. The van der Waals surface area contributed by atoms with Gasteiger partial charge in [-0.25, -0.2) is 0 Å². The summed E-state index contributed by atoms with van der Waals surface area (Å²) in [5.41, 5.74) is 0.769. The van der Waals surface area contributed by atoms with Gasteiger partial charge in [0, 0.05) is 5.56 Å². The number of ether oxygens (including phenoxy) is 2. The van der Waals surface area contributed by atoms with E-state index < -0.39 is 0 Å². The highest BCUT2D eigenvalue weighted by Crippen LogP contribution is 2.27. The molecule has 94 valence electrons. The third kappa shape index (κ3) is 4.34. The molecule has 1 rings (SSSR count). The van der Waals surface area contributed by atoms with Crippen molar-refractivity contribution in [2.75, 3.05) is 13.7 Å². The molecule has 0 aliphatic heterocycles. The lowest BCUT2D eigenvalue weighted by Crippen LogP contribution is -1.99. The Bertz CT molecular complexity index is 364. The van der Waals surface area contributed by atoms with Crippen molar-refractivity contribution in [2.24, 2.45) is 5.16 Å². The molecular formula is C13H19NO3. The maximum absolute atomic E-state index is 8.45. The lowest BCUT2D eigenvalue weighted by Gasteiger charge is -2.10. The molecule has 17 heavy (non-hydrogen) atoms. The Morgan fingerprint density at radius 1 is 1.29 bits per heavy atom. The first kappa shape index (κ1) is 13.4. The molecule has 0 spiro atoms. The molecule has 0 radical (unpaired) electrons. The Labute approximate surface area is 102 Å². The van der Waals surface area contributed by atoms with Gasteiger partial charge < -0.3 is 14.7 Å². The highest BCUT2D eigenvalue weighted by molar-refractivity contribution is 5.80. The van der Waals surface area contributed by atoms with Crippen molar-refractivity contribution >= 4 is 6.21 Å². The SMILES string of the molecule is CCCCCOc1ccc(/C=N/O)cc1OC. The number of benzene rings is 1. The predicted molar refractivity (Wildman–Crippen MR) is 67.4 cm³/mol. The van der Waals surface area contributed by atoms with Crippen molar-refractivity contribution in [1.29, 1.82) is 0 Å². The second-order valence-corrected chi connectivity index (χ2v) is 3.71. The van der Waals surface area contributed by atoms with Crippen LogP contribution in [-0.2, 0) is 0 Å². The zero-order chi connectivity index (χ0) is 12.5. The molecule has 0 bridgehead atoms. The lowest BCUT2D eigenvalue weighted by atomic mass is 10.2. The molecule has 0 unspecified atom stereocenters. The average molecular weight is 237 g/mol. The molecule has 1 N–H and O–H groups in total. The van der Waals surface area contributed by atoms with E-state index in [2.05, 4.69) is 12.1 Å². The lowest BCUT2D eigenvalue weighted by molar-refractivity contribution is 0.286. The molecule has 0 amide bonds. The van der Waals surface area contributed by atoms with Gasteiger partial charge in [-0.3, -0.25) is 0 Å². The molecule has 0 aliphatic rings. The molecule has 0 aliphatic carbocycles. The summed E-state index contributed by atoms with van der Waals surface area (Å²) in [7, 11) is 1.59. The van der Waals surface area contributed by atoms with Crippen LogP contribution in [-0.4, -0.2) is 25.1 Å². The van der Waals surface area contributed by atoms with Crippen LogP contribution in [0.2, 0.25) is 0 Å². The normalized spacial score (nSPS) is 10.7. The van der Waals surface area contributed by atoms with Gasteiger partial charge in [-0.15, -0.1) is 0 Å². The summed E-state index contributed by atoms with van der Waals surface area (Å²) in [6, 6.07) is 5.41. The molecule has 0 saturated carbocycles. The molecule has 4 heteroatoms. The van der Waals surface area contributed by atoms with E-state index in [1.54, 1.807) is 13.2 Å². The summed E-state index contributed by atoms with van der Waals surface area (Å²) < 4.78 is 10.9. The van der Waals surface area contributed by atoms with Gasteiger partial charge in [0.25, 0.3) is 0 Å². The molecular weight excluding hydrogens is 218 g/mol. The van der Waals surface area contributed by atoms with Gasteiger partial charge in [0.15, 0.2) is 11.5 Å². The monoisotopic (exact) mass is 237 g/mol. The minimum absolute atomic E-state index is 0.652. The van der Waals surface area contributed by atoms with Gasteiger partial charge in [0.2, 0.25) is 0 Å². The summed E-state index contributed by atoms with van der Waals surface area (Å²) >= 11 is 0. The first-order valence-electron chi connectivity index (χ1n) is 5.80. The van der Waals surface area contributed by atoms with E-state index in [4.69, 9.17) is 14.7 Å². The fraction of sp³-hybridized carbons (Fsp3) is 0.462. The molecule has 0 heterocycles. The Morgan fingerprint density at radius 2 is 2.12 bits per heavy atom. The molecule has 0 atom stereocenters. The van der Waals surface area contributed by atoms with Crippen LogP contribution in [0.15, 0.2) is 23.4 Å². The smallest absolute Gasteiger partial charge is 0.161 e.